The van der Waals surface area contributed by atoms with Crippen LogP contribution in [0.15, 0.2) is 12.3 Å². The number of anilines is 1. The molecule has 1 aromatic heterocycles. The summed E-state index contributed by atoms with van der Waals surface area (Å²) < 4.78 is 5.43. The number of carbonyl (C=O) groups excluding carboxylic acids is 1. The van der Waals surface area contributed by atoms with E-state index in [1.54, 1.807) is 13.1 Å². The maximum absolute atomic E-state index is 12.0. The Morgan fingerprint density at radius 1 is 1.45 bits per heavy atom. The van der Waals surface area contributed by atoms with E-state index in [1.807, 2.05) is 13.8 Å². The topological polar surface area (TPSA) is 63.2 Å². The molecule has 1 rings (SSSR count). The molecule has 0 saturated heterocycles. The average Bonchev–Trinajstić information content (AvgIpc) is 2.42. The van der Waals surface area contributed by atoms with Crippen LogP contribution in [0, 0.1) is 0 Å². The van der Waals surface area contributed by atoms with Crippen molar-refractivity contribution in [1.82, 2.24) is 10.3 Å². The number of aromatic nitrogens is 1. The number of amides is 1. The predicted octanol–water partition coefficient (Wildman–Crippen LogP) is 2.71. The molecule has 20 heavy (non-hydrogen) atoms. The fraction of sp³-hybridized carbons (Fsp3) is 0.571. The van der Waals surface area contributed by atoms with E-state index < -0.39 is 0 Å². The minimum atomic E-state index is -0.182. The second-order valence-corrected chi connectivity index (χ2v) is 5.09. The van der Waals surface area contributed by atoms with Crippen LogP contribution in [0.1, 0.15) is 37.0 Å². The van der Waals surface area contributed by atoms with Crippen LogP contribution in [0.5, 0.6) is 0 Å². The van der Waals surface area contributed by atoms with Gasteiger partial charge in [-0.15, -0.1) is 0 Å². The Hall–Kier alpha value is -1.33. The van der Waals surface area contributed by atoms with E-state index in [2.05, 4.69) is 15.6 Å². The van der Waals surface area contributed by atoms with Crippen molar-refractivity contribution in [2.45, 2.75) is 32.8 Å². The lowest BCUT2D eigenvalue weighted by molar-refractivity contribution is 0.0754. The minimum Gasteiger partial charge on any atom is -0.379 e. The number of pyridine rings is 1. The highest BCUT2D eigenvalue weighted by Gasteiger charge is 2.11. The molecule has 0 aliphatic carbocycles. The van der Waals surface area contributed by atoms with E-state index >= 15 is 0 Å². The summed E-state index contributed by atoms with van der Waals surface area (Å²) in [4.78, 5) is 16.0. The molecule has 0 atom stereocenters. The molecular formula is C14H22ClN3O2. The van der Waals surface area contributed by atoms with E-state index in [9.17, 15) is 4.79 Å². The molecule has 0 aromatic carbocycles. The average molecular weight is 300 g/mol. The molecule has 0 fully saturated rings. The van der Waals surface area contributed by atoms with Gasteiger partial charge in [-0.25, -0.2) is 4.98 Å². The van der Waals surface area contributed by atoms with Crippen LogP contribution in [0.25, 0.3) is 0 Å². The quantitative estimate of drug-likeness (QED) is 0.725. The van der Waals surface area contributed by atoms with Crippen molar-refractivity contribution in [3.05, 3.63) is 22.8 Å². The van der Waals surface area contributed by atoms with E-state index in [1.165, 1.54) is 6.20 Å². The molecule has 0 radical (unpaired) electrons. The molecule has 0 saturated carbocycles. The fourth-order valence-electron chi connectivity index (χ4n) is 1.59. The van der Waals surface area contributed by atoms with Gasteiger partial charge in [-0.1, -0.05) is 11.6 Å². The van der Waals surface area contributed by atoms with Gasteiger partial charge in [0.2, 0.25) is 0 Å². The summed E-state index contributed by atoms with van der Waals surface area (Å²) in [5, 5.41) is 6.07. The first-order valence-corrected chi connectivity index (χ1v) is 7.15. The zero-order valence-corrected chi connectivity index (χ0v) is 13.0. The highest BCUT2D eigenvalue weighted by atomic mass is 35.5. The van der Waals surface area contributed by atoms with Gasteiger partial charge in [-0.2, -0.15) is 0 Å². The number of hydrogen-bond donors (Lipinski definition) is 2. The Labute approximate surface area is 125 Å². The molecule has 0 aliphatic heterocycles. The van der Waals surface area contributed by atoms with Gasteiger partial charge in [-0.05, 0) is 32.8 Å². The lowest BCUT2D eigenvalue weighted by Gasteiger charge is -2.09. The Bertz CT molecular complexity index is 438. The van der Waals surface area contributed by atoms with Gasteiger partial charge in [0.1, 0.15) is 5.82 Å². The van der Waals surface area contributed by atoms with Crippen molar-refractivity contribution in [2.75, 3.05) is 25.5 Å². The highest BCUT2D eigenvalue weighted by Crippen LogP contribution is 2.17. The number of unbranched alkanes of at least 4 members (excludes halogenated alkanes) is 1. The van der Waals surface area contributed by atoms with Gasteiger partial charge in [0.15, 0.2) is 0 Å². The van der Waals surface area contributed by atoms with Gasteiger partial charge >= 0.3 is 0 Å². The summed E-state index contributed by atoms with van der Waals surface area (Å²) in [7, 11) is 1.74. The maximum Gasteiger partial charge on any atom is 0.252 e. The molecule has 0 aliphatic rings. The molecule has 1 aromatic rings. The monoisotopic (exact) mass is 299 g/mol. The fourth-order valence-corrected chi connectivity index (χ4v) is 1.78. The normalized spacial score (nSPS) is 10.7. The van der Waals surface area contributed by atoms with E-state index in [0.29, 0.717) is 29.6 Å². The van der Waals surface area contributed by atoms with Crippen LogP contribution in [0.3, 0.4) is 0 Å². The number of nitrogens with zero attached hydrogens (tertiary/aromatic N) is 1. The zero-order chi connectivity index (χ0) is 15.0. The van der Waals surface area contributed by atoms with Gasteiger partial charge in [0.05, 0.1) is 16.7 Å². The standard InChI is InChI=1S/C14H22ClN3O2/c1-10(2)20-7-5-4-6-17-14(19)11-8-13(16-3)18-9-12(11)15/h8-10H,4-7H2,1-3H3,(H,16,18)(H,17,19). The van der Waals surface area contributed by atoms with Crippen LogP contribution >= 0.6 is 11.6 Å². The molecule has 6 heteroatoms. The lowest BCUT2D eigenvalue weighted by Crippen LogP contribution is -2.25. The first kappa shape index (κ1) is 16.7. The van der Waals surface area contributed by atoms with Crippen molar-refractivity contribution in [2.24, 2.45) is 0 Å². The van der Waals surface area contributed by atoms with Crippen LogP contribution < -0.4 is 10.6 Å². The summed E-state index contributed by atoms with van der Waals surface area (Å²) in [6.45, 7) is 5.33. The van der Waals surface area contributed by atoms with Crippen molar-refractivity contribution in [3.8, 4) is 0 Å². The van der Waals surface area contributed by atoms with Gasteiger partial charge in [-0.3, -0.25) is 4.79 Å². The van der Waals surface area contributed by atoms with Crippen LogP contribution in [0.4, 0.5) is 5.82 Å². The number of hydrogen-bond acceptors (Lipinski definition) is 4. The van der Waals surface area contributed by atoms with Crippen molar-refractivity contribution in [1.29, 1.82) is 0 Å². The van der Waals surface area contributed by atoms with Crippen molar-refractivity contribution < 1.29 is 9.53 Å². The number of halogens is 1. The molecule has 5 nitrogen and oxygen atoms in total. The SMILES string of the molecule is CNc1cc(C(=O)NCCCCOC(C)C)c(Cl)cn1. The third-order valence-electron chi connectivity index (χ3n) is 2.66. The molecule has 0 unspecified atom stereocenters. The summed E-state index contributed by atoms with van der Waals surface area (Å²) >= 11 is 5.97. The van der Waals surface area contributed by atoms with E-state index in [-0.39, 0.29) is 12.0 Å². The summed E-state index contributed by atoms with van der Waals surface area (Å²) in [5.41, 5.74) is 0.435. The first-order valence-electron chi connectivity index (χ1n) is 6.77. The molecule has 112 valence electrons. The smallest absolute Gasteiger partial charge is 0.252 e. The zero-order valence-electron chi connectivity index (χ0n) is 12.2. The molecule has 0 spiro atoms. The third-order valence-corrected chi connectivity index (χ3v) is 2.97. The van der Waals surface area contributed by atoms with Crippen LogP contribution in [0.2, 0.25) is 5.02 Å². The Kier molecular flexibility index (Phi) is 7.33. The third kappa shape index (κ3) is 5.75. The van der Waals surface area contributed by atoms with Gasteiger partial charge in [0, 0.05) is 26.4 Å². The number of ether oxygens (including phenoxy) is 1. The van der Waals surface area contributed by atoms with E-state index in [4.69, 9.17) is 16.3 Å². The molecule has 0 bridgehead atoms. The van der Waals surface area contributed by atoms with Crippen molar-refractivity contribution >= 4 is 23.3 Å². The number of rotatable bonds is 8. The first-order chi connectivity index (χ1) is 9.54. The maximum atomic E-state index is 12.0. The Morgan fingerprint density at radius 3 is 2.85 bits per heavy atom. The second-order valence-electron chi connectivity index (χ2n) is 4.68. The number of carbonyl (C=O) groups is 1. The summed E-state index contributed by atoms with van der Waals surface area (Å²) in [6, 6.07) is 1.64. The second kappa shape index (κ2) is 8.76. The molecular weight excluding hydrogens is 278 g/mol. The lowest BCUT2D eigenvalue weighted by atomic mass is 10.2. The molecule has 1 amide bonds. The van der Waals surface area contributed by atoms with Gasteiger partial charge < -0.3 is 15.4 Å². The predicted molar refractivity (Wildman–Crippen MR) is 81.4 cm³/mol. The van der Waals surface area contributed by atoms with E-state index in [0.717, 1.165) is 12.8 Å². The minimum absolute atomic E-state index is 0.182. The van der Waals surface area contributed by atoms with Crippen LogP contribution in [-0.4, -0.2) is 37.2 Å². The van der Waals surface area contributed by atoms with Crippen LogP contribution in [-0.2, 0) is 4.74 Å². The Morgan fingerprint density at radius 2 is 2.20 bits per heavy atom. The molecule has 1 heterocycles. The number of nitrogens with one attached hydrogen (secondary N) is 2. The summed E-state index contributed by atoms with van der Waals surface area (Å²) in [5.74, 6) is 0.434. The molecule has 2 N–H and O–H groups in total. The van der Waals surface area contributed by atoms with Crippen molar-refractivity contribution in [3.63, 3.8) is 0 Å². The largest absolute Gasteiger partial charge is 0.379 e. The summed E-state index contributed by atoms with van der Waals surface area (Å²) in [6.07, 6.45) is 3.52. The van der Waals surface area contributed by atoms with Gasteiger partial charge in [0.25, 0.3) is 5.91 Å². The highest BCUT2D eigenvalue weighted by molar-refractivity contribution is 6.33. The Balaban J connectivity index is 2.36.